The van der Waals surface area contributed by atoms with Gasteiger partial charge in [0.05, 0.1) is 5.69 Å². The number of piperazine rings is 1. The van der Waals surface area contributed by atoms with Gasteiger partial charge in [0.1, 0.15) is 5.75 Å². The van der Waals surface area contributed by atoms with E-state index >= 15 is 0 Å². The highest BCUT2D eigenvalue weighted by Gasteiger charge is 2.21. The minimum atomic E-state index is 0.284. The van der Waals surface area contributed by atoms with Gasteiger partial charge in [0.15, 0.2) is 16.6 Å². The molecule has 136 valence electrons. The van der Waals surface area contributed by atoms with E-state index in [4.69, 9.17) is 21.7 Å². The van der Waals surface area contributed by atoms with Crippen molar-refractivity contribution in [2.24, 2.45) is 0 Å². The highest BCUT2D eigenvalue weighted by atomic mass is 32.1. The number of aromatic hydroxyl groups is 1. The number of nitrogens with zero attached hydrogens (tertiary/aromatic N) is 2. The van der Waals surface area contributed by atoms with E-state index < -0.39 is 0 Å². The molecule has 2 aromatic carbocycles. The number of hydrogen-bond acceptors (Lipinski definition) is 5. The third-order valence-electron chi connectivity index (χ3n) is 4.67. The molecule has 1 saturated heterocycles. The van der Waals surface area contributed by atoms with Crippen LogP contribution in [0.1, 0.15) is 5.56 Å². The molecule has 0 spiro atoms. The van der Waals surface area contributed by atoms with Crippen molar-refractivity contribution in [1.29, 1.82) is 0 Å². The van der Waals surface area contributed by atoms with E-state index in [0.29, 0.717) is 12.3 Å². The summed E-state index contributed by atoms with van der Waals surface area (Å²) in [7, 11) is 0. The molecule has 2 heterocycles. The molecule has 0 atom stereocenters. The number of rotatable bonds is 3. The fraction of sp³-hybridized carbons (Fsp3) is 0.316. The van der Waals surface area contributed by atoms with Crippen molar-refractivity contribution >= 4 is 23.0 Å². The summed E-state index contributed by atoms with van der Waals surface area (Å²) >= 11 is 5.54. The molecule has 2 N–H and O–H groups in total. The summed E-state index contributed by atoms with van der Waals surface area (Å²) in [5.41, 5.74) is 1.98. The Balaban J connectivity index is 1.29. The Kier molecular flexibility index (Phi) is 4.71. The van der Waals surface area contributed by atoms with Gasteiger partial charge in [-0.25, -0.2) is 0 Å². The number of ether oxygens (including phenoxy) is 2. The van der Waals surface area contributed by atoms with Gasteiger partial charge in [-0.15, -0.1) is 0 Å². The number of phenolic OH excluding ortho intramolecular Hbond substituents is 1. The predicted octanol–water partition coefficient (Wildman–Crippen LogP) is 2.32. The summed E-state index contributed by atoms with van der Waals surface area (Å²) in [6.07, 6.45) is 0. The van der Waals surface area contributed by atoms with Crippen molar-refractivity contribution in [3.8, 4) is 17.2 Å². The smallest absolute Gasteiger partial charge is 0.231 e. The molecule has 0 radical (unpaired) electrons. The highest BCUT2D eigenvalue weighted by Crippen LogP contribution is 2.32. The average molecular weight is 371 g/mol. The Hall–Kier alpha value is -2.67. The van der Waals surface area contributed by atoms with Crippen molar-refractivity contribution < 1.29 is 14.6 Å². The van der Waals surface area contributed by atoms with E-state index in [1.165, 1.54) is 0 Å². The maximum absolute atomic E-state index is 10.0. The first-order chi connectivity index (χ1) is 12.7. The standard InChI is InChI=1S/C19H21N3O3S/c23-16-4-2-1-3-15(16)21-7-9-22(10-8-21)19(26)20-12-14-5-6-17-18(11-14)25-13-24-17/h1-6,11,23H,7-10,12-13H2,(H,20,26). The summed E-state index contributed by atoms with van der Waals surface area (Å²) in [4.78, 5) is 4.35. The molecule has 1 fully saturated rings. The van der Waals surface area contributed by atoms with E-state index in [1.54, 1.807) is 6.07 Å². The molecule has 0 unspecified atom stereocenters. The van der Waals surface area contributed by atoms with Gasteiger partial charge in [-0.2, -0.15) is 0 Å². The lowest BCUT2D eigenvalue weighted by Gasteiger charge is -2.37. The SMILES string of the molecule is Oc1ccccc1N1CCN(C(=S)NCc2ccc3c(c2)OCO3)CC1. The number of thiocarbonyl (C=S) groups is 1. The van der Waals surface area contributed by atoms with Gasteiger partial charge < -0.3 is 29.7 Å². The summed E-state index contributed by atoms with van der Waals surface area (Å²) in [6.45, 7) is 4.22. The minimum absolute atomic E-state index is 0.284. The van der Waals surface area contributed by atoms with Gasteiger partial charge in [-0.05, 0) is 42.0 Å². The number of nitrogens with one attached hydrogen (secondary N) is 1. The predicted molar refractivity (Wildman–Crippen MR) is 104 cm³/mol. The van der Waals surface area contributed by atoms with Crippen LogP contribution in [-0.2, 0) is 6.54 Å². The highest BCUT2D eigenvalue weighted by molar-refractivity contribution is 7.80. The molecule has 0 saturated carbocycles. The fourth-order valence-corrected chi connectivity index (χ4v) is 3.48. The van der Waals surface area contributed by atoms with Crippen LogP contribution in [0.4, 0.5) is 5.69 Å². The first-order valence-electron chi connectivity index (χ1n) is 8.65. The number of para-hydroxylation sites is 2. The lowest BCUT2D eigenvalue weighted by molar-refractivity contribution is 0.174. The Morgan fingerprint density at radius 1 is 1.04 bits per heavy atom. The molecule has 0 bridgehead atoms. The monoisotopic (exact) mass is 371 g/mol. The topological polar surface area (TPSA) is 57.2 Å². The van der Waals surface area contributed by atoms with Gasteiger partial charge in [0.25, 0.3) is 0 Å². The van der Waals surface area contributed by atoms with E-state index in [9.17, 15) is 5.11 Å². The first kappa shape index (κ1) is 16.8. The van der Waals surface area contributed by atoms with Crippen molar-refractivity contribution in [3.05, 3.63) is 48.0 Å². The van der Waals surface area contributed by atoms with Gasteiger partial charge >= 0.3 is 0 Å². The van der Waals surface area contributed by atoms with Crippen LogP contribution < -0.4 is 19.7 Å². The zero-order chi connectivity index (χ0) is 17.9. The van der Waals surface area contributed by atoms with Gasteiger partial charge in [-0.1, -0.05) is 18.2 Å². The van der Waals surface area contributed by atoms with E-state index in [2.05, 4.69) is 15.1 Å². The quantitative estimate of drug-likeness (QED) is 0.803. The van der Waals surface area contributed by atoms with Crippen molar-refractivity contribution in [1.82, 2.24) is 10.2 Å². The number of benzene rings is 2. The van der Waals surface area contributed by atoms with Crippen LogP contribution >= 0.6 is 12.2 Å². The molecule has 7 heteroatoms. The second-order valence-electron chi connectivity index (χ2n) is 6.31. The Morgan fingerprint density at radius 3 is 2.62 bits per heavy atom. The molecule has 0 aliphatic carbocycles. The third kappa shape index (κ3) is 3.48. The maximum Gasteiger partial charge on any atom is 0.231 e. The van der Waals surface area contributed by atoms with Crippen molar-refractivity contribution in [2.45, 2.75) is 6.54 Å². The van der Waals surface area contributed by atoms with Crippen LogP contribution in [0.3, 0.4) is 0 Å². The molecule has 2 aromatic rings. The number of phenols is 1. The maximum atomic E-state index is 10.0. The number of hydrogen-bond donors (Lipinski definition) is 2. The molecular formula is C19H21N3O3S. The van der Waals surface area contributed by atoms with Gasteiger partial charge in [0.2, 0.25) is 6.79 Å². The third-order valence-corrected chi connectivity index (χ3v) is 5.07. The summed E-state index contributed by atoms with van der Waals surface area (Å²) in [5.74, 6) is 1.90. The van der Waals surface area contributed by atoms with Crippen LogP contribution in [0, 0.1) is 0 Å². The molecule has 2 aliphatic heterocycles. The van der Waals surface area contributed by atoms with E-state index in [-0.39, 0.29) is 6.79 Å². The summed E-state index contributed by atoms with van der Waals surface area (Å²) in [6, 6.07) is 13.4. The van der Waals surface area contributed by atoms with Crippen LogP contribution in [0.2, 0.25) is 0 Å². The molecule has 26 heavy (non-hydrogen) atoms. The average Bonchev–Trinajstić information content (AvgIpc) is 3.14. The van der Waals surface area contributed by atoms with Gasteiger partial charge in [0, 0.05) is 32.7 Å². The second kappa shape index (κ2) is 7.29. The van der Waals surface area contributed by atoms with E-state index in [1.807, 2.05) is 36.4 Å². The molecule has 0 amide bonds. The molecule has 4 rings (SSSR count). The van der Waals surface area contributed by atoms with Crippen LogP contribution in [-0.4, -0.2) is 48.1 Å². The fourth-order valence-electron chi connectivity index (χ4n) is 3.22. The Morgan fingerprint density at radius 2 is 1.81 bits per heavy atom. The second-order valence-corrected chi connectivity index (χ2v) is 6.70. The van der Waals surface area contributed by atoms with Crippen molar-refractivity contribution in [3.63, 3.8) is 0 Å². The number of anilines is 1. The minimum Gasteiger partial charge on any atom is -0.506 e. The number of fused-ring (bicyclic) bond motifs is 1. The van der Waals surface area contributed by atoms with Crippen LogP contribution in [0.15, 0.2) is 42.5 Å². The normalized spacial score (nSPS) is 15.8. The first-order valence-corrected chi connectivity index (χ1v) is 9.06. The molecular weight excluding hydrogens is 350 g/mol. The van der Waals surface area contributed by atoms with Crippen molar-refractivity contribution in [2.75, 3.05) is 37.9 Å². The Labute approximate surface area is 157 Å². The zero-order valence-electron chi connectivity index (χ0n) is 14.4. The Bertz CT molecular complexity index is 806. The lowest BCUT2D eigenvalue weighted by Crippen LogP contribution is -2.51. The van der Waals surface area contributed by atoms with Gasteiger partial charge in [-0.3, -0.25) is 0 Å². The van der Waals surface area contributed by atoms with E-state index in [0.717, 1.165) is 54.0 Å². The molecule has 0 aromatic heterocycles. The molecule has 6 nitrogen and oxygen atoms in total. The van der Waals surface area contributed by atoms with Crippen LogP contribution in [0.25, 0.3) is 0 Å². The summed E-state index contributed by atoms with van der Waals surface area (Å²) < 4.78 is 10.7. The molecule has 2 aliphatic rings. The lowest BCUT2D eigenvalue weighted by atomic mass is 10.2. The van der Waals surface area contributed by atoms with Crippen LogP contribution in [0.5, 0.6) is 17.2 Å². The zero-order valence-corrected chi connectivity index (χ0v) is 15.2. The summed E-state index contributed by atoms with van der Waals surface area (Å²) in [5, 5.41) is 14.1. The largest absolute Gasteiger partial charge is 0.506 e.